The fourth-order valence-electron chi connectivity index (χ4n) is 1.71. The van der Waals surface area contributed by atoms with Gasteiger partial charge in [0.1, 0.15) is 6.20 Å². The number of aromatic nitrogens is 3. The first-order chi connectivity index (χ1) is 9.54. The number of carbonyl (C=O) groups is 1. The van der Waals surface area contributed by atoms with Crippen molar-refractivity contribution in [2.24, 2.45) is 5.73 Å². The second-order valence-corrected chi connectivity index (χ2v) is 3.97. The molecule has 8 nitrogen and oxygen atoms in total. The molecule has 0 saturated carbocycles. The van der Waals surface area contributed by atoms with E-state index in [1.54, 1.807) is 12.1 Å². The van der Waals surface area contributed by atoms with E-state index in [4.69, 9.17) is 10.8 Å². The molecule has 0 spiro atoms. The second kappa shape index (κ2) is 5.49. The van der Waals surface area contributed by atoms with Crippen LogP contribution in [0.5, 0.6) is 0 Å². The maximum absolute atomic E-state index is 12.1. The van der Waals surface area contributed by atoms with Crippen LogP contribution < -0.4 is 17.0 Å². The molecule has 0 fully saturated rings. The summed E-state index contributed by atoms with van der Waals surface area (Å²) in [5.41, 5.74) is 4.38. The van der Waals surface area contributed by atoms with Crippen LogP contribution in [0, 0.1) is 0 Å². The molecule has 0 unspecified atom stereocenters. The zero-order valence-electron chi connectivity index (χ0n) is 10.4. The molecule has 0 radical (unpaired) electrons. The molecule has 1 amide bonds. The normalized spacial score (nSPS) is 10.4. The number of benzene rings is 1. The van der Waals surface area contributed by atoms with Gasteiger partial charge in [-0.15, -0.1) is 0 Å². The number of rotatable bonds is 4. The number of aliphatic hydroxyl groups excluding tert-OH is 1. The first-order valence-electron chi connectivity index (χ1n) is 5.75. The third-order valence-electron chi connectivity index (χ3n) is 2.66. The minimum absolute atomic E-state index is 0.129. The molecule has 2 aromatic rings. The third-order valence-corrected chi connectivity index (χ3v) is 2.66. The Morgan fingerprint density at radius 1 is 1.35 bits per heavy atom. The first-order valence-corrected chi connectivity index (χ1v) is 5.75. The number of nitrogens with zero attached hydrogens (tertiary/aromatic N) is 3. The molecule has 0 bridgehead atoms. The predicted molar refractivity (Wildman–Crippen MR) is 69.7 cm³/mol. The van der Waals surface area contributed by atoms with Gasteiger partial charge in [0.25, 0.3) is 5.56 Å². The lowest BCUT2D eigenvalue weighted by atomic mass is 10.2. The van der Waals surface area contributed by atoms with Gasteiger partial charge in [-0.05, 0) is 18.2 Å². The summed E-state index contributed by atoms with van der Waals surface area (Å²) in [4.78, 5) is 34.7. The molecule has 0 atom stereocenters. The van der Waals surface area contributed by atoms with Gasteiger partial charge in [-0.1, -0.05) is 6.07 Å². The van der Waals surface area contributed by atoms with E-state index >= 15 is 0 Å². The second-order valence-electron chi connectivity index (χ2n) is 3.97. The molecule has 20 heavy (non-hydrogen) atoms. The highest BCUT2D eigenvalue weighted by molar-refractivity contribution is 5.93. The predicted octanol–water partition coefficient (Wildman–Crippen LogP) is -1.51. The van der Waals surface area contributed by atoms with Crippen LogP contribution >= 0.6 is 0 Å². The van der Waals surface area contributed by atoms with E-state index in [1.807, 2.05) is 0 Å². The third kappa shape index (κ3) is 2.50. The quantitative estimate of drug-likeness (QED) is 0.703. The molecule has 8 heteroatoms. The van der Waals surface area contributed by atoms with E-state index in [9.17, 15) is 14.4 Å². The van der Waals surface area contributed by atoms with Crippen molar-refractivity contribution in [3.8, 4) is 5.69 Å². The monoisotopic (exact) mass is 276 g/mol. The molecule has 0 aliphatic carbocycles. The van der Waals surface area contributed by atoms with E-state index in [-0.39, 0.29) is 18.7 Å². The lowest BCUT2D eigenvalue weighted by molar-refractivity contribution is 0.1000. The van der Waals surface area contributed by atoms with E-state index < -0.39 is 17.2 Å². The number of hydrogen-bond acceptors (Lipinski definition) is 5. The minimum atomic E-state index is -0.701. The Morgan fingerprint density at radius 2 is 2.10 bits per heavy atom. The van der Waals surface area contributed by atoms with Crippen LogP contribution in [0.2, 0.25) is 0 Å². The van der Waals surface area contributed by atoms with Gasteiger partial charge in [-0.3, -0.25) is 14.2 Å². The lowest BCUT2D eigenvalue weighted by Gasteiger charge is -2.08. The average Bonchev–Trinajstić information content (AvgIpc) is 2.43. The summed E-state index contributed by atoms with van der Waals surface area (Å²) in [5, 5.41) is 12.6. The lowest BCUT2D eigenvalue weighted by Crippen LogP contribution is -2.40. The molecule has 0 aliphatic heterocycles. The van der Waals surface area contributed by atoms with Crippen molar-refractivity contribution in [1.29, 1.82) is 0 Å². The number of primary amides is 1. The van der Waals surface area contributed by atoms with Gasteiger partial charge in [0.2, 0.25) is 5.91 Å². The molecule has 2 rings (SSSR count). The van der Waals surface area contributed by atoms with Crippen LogP contribution in [0.25, 0.3) is 5.69 Å². The Bertz CT molecular complexity index is 763. The van der Waals surface area contributed by atoms with Crippen LogP contribution in [0.15, 0.2) is 40.1 Å². The van der Waals surface area contributed by atoms with E-state index in [1.165, 1.54) is 12.1 Å². The minimum Gasteiger partial charge on any atom is -0.395 e. The summed E-state index contributed by atoms with van der Waals surface area (Å²) in [5.74, 6) is -0.636. The van der Waals surface area contributed by atoms with Gasteiger partial charge in [0, 0.05) is 5.56 Å². The van der Waals surface area contributed by atoms with Gasteiger partial charge in [0.15, 0.2) is 0 Å². The summed E-state index contributed by atoms with van der Waals surface area (Å²) in [6.07, 6.45) is 0.966. The van der Waals surface area contributed by atoms with Gasteiger partial charge in [-0.25, -0.2) is 4.79 Å². The number of nitrogens with two attached hydrogens (primary N) is 1. The summed E-state index contributed by atoms with van der Waals surface area (Å²) in [6.45, 7) is -0.476. The van der Waals surface area contributed by atoms with Crippen molar-refractivity contribution < 1.29 is 9.90 Å². The molecular weight excluding hydrogens is 264 g/mol. The Morgan fingerprint density at radius 3 is 2.75 bits per heavy atom. The topological polar surface area (TPSA) is 120 Å². The smallest absolute Gasteiger partial charge is 0.352 e. The van der Waals surface area contributed by atoms with Gasteiger partial charge in [0.05, 0.1) is 18.8 Å². The van der Waals surface area contributed by atoms with Gasteiger partial charge < -0.3 is 10.8 Å². The standard InChI is InChI=1S/C12H12N4O4/c13-11(19)8-2-1-3-9(6-8)16-12(20)15(4-5-17)10(18)7-14-16/h1-3,6-7,17H,4-5H2,(H2,13,19). The Hall–Kier alpha value is -2.74. The molecule has 0 aliphatic rings. The molecule has 104 valence electrons. The first kappa shape index (κ1) is 13.7. The summed E-state index contributed by atoms with van der Waals surface area (Å²) < 4.78 is 1.81. The maximum atomic E-state index is 12.1. The van der Waals surface area contributed by atoms with Crippen molar-refractivity contribution >= 4 is 5.91 Å². The summed E-state index contributed by atoms with van der Waals surface area (Å²) in [7, 11) is 0. The van der Waals surface area contributed by atoms with Crippen LogP contribution in [0.1, 0.15) is 10.4 Å². The Balaban J connectivity index is 2.62. The molecule has 0 saturated heterocycles. The van der Waals surface area contributed by atoms with Gasteiger partial charge in [-0.2, -0.15) is 9.78 Å². The number of hydrogen-bond donors (Lipinski definition) is 2. The van der Waals surface area contributed by atoms with Crippen molar-refractivity contribution in [3.05, 3.63) is 56.9 Å². The maximum Gasteiger partial charge on any atom is 0.352 e. The summed E-state index contributed by atoms with van der Waals surface area (Å²) in [6, 6.07) is 5.99. The van der Waals surface area contributed by atoms with E-state index in [0.717, 1.165) is 15.4 Å². The van der Waals surface area contributed by atoms with Crippen LogP contribution in [-0.2, 0) is 6.54 Å². The molecule has 1 aromatic heterocycles. The largest absolute Gasteiger partial charge is 0.395 e. The van der Waals surface area contributed by atoms with Crippen LogP contribution in [0.4, 0.5) is 0 Å². The molecular formula is C12H12N4O4. The average molecular weight is 276 g/mol. The van der Waals surface area contributed by atoms with Crippen molar-refractivity contribution in [3.63, 3.8) is 0 Å². The van der Waals surface area contributed by atoms with Crippen molar-refractivity contribution in [2.45, 2.75) is 6.54 Å². The number of amides is 1. The zero-order chi connectivity index (χ0) is 14.7. The Kier molecular flexibility index (Phi) is 3.76. The van der Waals surface area contributed by atoms with Crippen molar-refractivity contribution in [2.75, 3.05) is 6.61 Å². The van der Waals surface area contributed by atoms with Crippen LogP contribution in [0.3, 0.4) is 0 Å². The fourth-order valence-corrected chi connectivity index (χ4v) is 1.71. The highest BCUT2D eigenvalue weighted by Crippen LogP contribution is 2.06. The molecule has 3 N–H and O–H groups in total. The van der Waals surface area contributed by atoms with Crippen molar-refractivity contribution in [1.82, 2.24) is 14.3 Å². The number of carbonyl (C=O) groups excluding carboxylic acids is 1. The molecule has 1 aromatic carbocycles. The SMILES string of the molecule is NC(=O)c1cccc(-n2ncc(=O)n(CCO)c2=O)c1. The summed E-state index contributed by atoms with van der Waals surface area (Å²) >= 11 is 0. The molecule has 1 heterocycles. The van der Waals surface area contributed by atoms with Crippen LogP contribution in [-0.4, -0.2) is 32.0 Å². The Labute approximate surface area is 112 Å². The zero-order valence-corrected chi connectivity index (χ0v) is 10.4. The highest BCUT2D eigenvalue weighted by atomic mass is 16.3. The number of aliphatic hydroxyl groups is 1. The van der Waals surface area contributed by atoms with E-state index in [0.29, 0.717) is 5.69 Å². The fraction of sp³-hybridized carbons (Fsp3) is 0.167. The highest BCUT2D eigenvalue weighted by Gasteiger charge is 2.09. The van der Waals surface area contributed by atoms with Gasteiger partial charge >= 0.3 is 5.69 Å². The van der Waals surface area contributed by atoms with E-state index in [2.05, 4.69) is 5.10 Å².